The monoisotopic (exact) mass is 254 g/mol. The smallest absolute Gasteiger partial charge is 0.151 e. The van der Waals surface area contributed by atoms with E-state index in [1.54, 1.807) is 20.1 Å². The number of nitrogens with zero attached hydrogens (tertiary/aromatic N) is 2. The van der Waals surface area contributed by atoms with Crippen LogP contribution in [-0.4, -0.2) is 32.8 Å². The third-order valence-electron chi connectivity index (χ3n) is 2.23. The van der Waals surface area contributed by atoms with E-state index in [1.165, 1.54) is 0 Å². The molecule has 0 rings (SSSR count). The van der Waals surface area contributed by atoms with Gasteiger partial charge in [0.1, 0.15) is 5.76 Å². The number of hydrogen-bond acceptors (Lipinski definition) is 5. The molecule has 0 aliphatic rings. The van der Waals surface area contributed by atoms with E-state index >= 15 is 0 Å². The van der Waals surface area contributed by atoms with Crippen molar-refractivity contribution in [1.29, 1.82) is 0 Å². The van der Waals surface area contributed by atoms with Crippen molar-refractivity contribution in [3.63, 3.8) is 0 Å². The molecule has 0 unspecified atom stereocenters. The molecular formula is C12H22N4O2. The minimum Gasteiger partial charge on any atom is -0.416 e. The summed E-state index contributed by atoms with van der Waals surface area (Å²) in [5, 5.41) is 0. The Labute approximate surface area is 108 Å². The van der Waals surface area contributed by atoms with E-state index in [0.717, 1.165) is 12.0 Å². The van der Waals surface area contributed by atoms with Gasteiger partial charge in [0, 0.05) is 37.6 Å². The van der Waals surface area contributed by atoms with Gasteiger partial charge in [-0.25, -0.2) is 4.99 Å². The largest absolute Gasteiger partial charge is 0.416 e. The van der Waals surface area contributed by atoms with Gasteiger partial charge < -0.3 is 15.3 Å². The van der Waals surface area contributed by atoms with Gasteiger partial charge in [0.2, 0.25) is 0 Å². The van der Waals surface area contributed by atoms with E-state index in [0.29, 0.717) is 30.4 Å². The SMILES string of the molecule is C=NC(=NCCCOC)C(C)=C(N)/C=C(\C)ON. The average Bonchev–Trinajstić information content (AvgIpc) is 2.38. The quantitative estimate of drug-likeness (QED) is 0.178. The number of ether oxygens (including phenoxy) is 1. The minimum atomic E-state index is 0.496. The highest BCUT2D eigenvalue weighted by Crippen LogP contribution is 2.07. The van der Waals surface area contributed by atoms with Crippen molar-refractivity contribution >= 4 is 12.6 Å². The average molecular weight is 254 g/mol. The van der Waals surface area contributed by atoms with Crippen LogP contribution in [0.1, 0.15) is 20.3 Å². The van der Waals surface area contributed by atoms with Crippen molar-refractivity contribution in [2.45, 2.75) is 20.3 Å². The Hall–Kier alpha value is -1.66. The van der Waals surface area contributed by atoms with Crippen LogP contribution in [0.25, 0.3) is 0 Å². The van der Waals surface area contributed by atoms with Gasteiger partial charge >= 0.3 is 0 Å². The summed E-state index contributed by atoms with van der Waals surface area (Å²) in [5.41, 5.74) is 7.11. The fourth-order valence-electron chi connectivity index (χ4n) is 1.17. The van der Waals surface area contributed by atoms with Crippen LogP contribution in [0.15, 0.2) is 33.1 Å². The highest BCUT2D eigenvalue weighted by Gasteiger charge is 2.03. The second kappa shape index (κ2) is 9.38. The summed E-state index contributed by atoms with van der Waals surface area (Å²) in [6.45, 7) is 8.28. The standard InChI is InChI=1S/C12H22N4O2/c1-9(18-14)8-11(13)10(2)12(15-3)16-6-5-7-17-4/h8H,3,5-7,13-14H2,1-2,4H3/b9-8+,11-10?,16-12?. The van der Waals surface area contributed by atoms with Crippen molar-refractivity contribution in [3.05, 3.63) is 23.1 Å². The summed E-state index contributed by atoms with van der Waals surface area (Å²) < 4.78 is 4.94. The molecule has 0 atom stereocenters. The van der Waals surface area contributed by atoms with E-state index < -0.39 is 0 Å². The lowest BCUT2D eigenvalue weighted by Crippen LogP contribution is -2.08. The zero-order valence-corrected chi connectivity index (χ0v) is 11.3. The van der Waals surface area contributed by atoms with Gasteiger partial charge in [-0.15, -0.1) is 0 Å². The third kappa shape index (κ3) is 6.17. The van der Waals surface area contributed by atoms with Crippen molar-refractivity contribution in [2.75, 3.05) is 20.3 Å². The number of rotatable bonds is 7. The molecule has 4 N–H and O–H groups in total. The lowest BCUT2D eigenvalue weighted by Gasteiger charge is -2.05. The van der Waals surface area contributed by atoms with Gasteiger partial charge in [-0.3, -0.25) is 4.99 Å². The van der Waals surface area contributed by atoms with Crippen molar-refractivity contribution in [1.82, 2.24) is 0 Å². The summed E-state index contributed by atoms with van der Waals surface area (Å²) in [6.07, 6.45) is 2.44. The van der Waals surface area contributed by atoms with Gasteiger partial charge in [0.25, 0.3) is 0 Å². The number of aliphatic imine (C=N–C) groups is 2. The second-order valence-electron chi connectivity index (χ2n) is 3.66. The Bertz CT molecular complexity index is 359. The molecule has 0 aromatic heterocycles. The molecule has 0 aromatic carbocycles. The fraction of sp³-hybridized carbons (Fsp3) is 0.500. The van der Waals surface area contributed by atoms with Crippen LogP contribution in [0.4, 0.5) is 0 Å². The Balaban J connectivity index is 4.83. The Kier molecular flexibility index (Phi) is 8.51. The lowest BCUT2D eigenvalue weighted by atomic mass is 10.2. The van der Waals surface area contributed by atoms with E-state index in [9.17, 15) is 0 Å². The molecule has 0 saturated carbocycles. The van der Waals surface area contributed by atoms with Gasteiger partial charge in [-0.2, -0.15) is 5.90 Å². The van der Waals surface area contributed by atoms with Gasteiger partial charge in [-0.1, -0.05) is 0 Å². The molecular weight excluding hydrogens is 232 g/mol. The second-order valence-corrected chi connectivity index (χ2v) is 3.66. The molecule has 0 radical (unpaired) electrons. The first kappa shape index (κ1) is 16.3. The molecule has 102 valence electrons. The summed E-state index contributed by atoms with van der Waals surface area (Å²) >= 11 is 0. The van der Waals surface area contributed by atoms with Crippen molar-refractivity contribution in [2.24, 2.45) is 21.6 Å². The summed E-state index contributed by atoms with van der Waals surface area (Å²) in [4.78, 5) is 12.7. The van der Waals surface area contributed by atoms with Crippen molar-refractivity contribution < 1.29 is 9.57 Å². The van der Waals surface area contributed by atoms with Crippen LogP contribution < -0.4 is 11.6 Å². The number of amidine groups is 1. The highest BCUT2D eigenvalue weighted by molar-refractivity contribution is 6.01. The maximum absolute atomic E-state index is 5.87. The number of nitrogens with two attached hydrogens (primary N) is 2. The number of hydrogen-bond donors (Lipinski definition) is 2. The Morgan fingerprint density at radius 3 is 2.56 bits per heavy atom. The molecule has 0 fully saturated rings. The predicted molar refractivity (Wildman–Crippen MR) is 74.3 cm³/mol. The summed E-state index contributed by atoms with van der Waals surface area (Å²) in [5.74, 6) is 6.04. The van der Waals surface area contributed by atoms with E-state index in [2.05, 4.69) is 21.5 Å². The summed E-state index contributed by atoms with van der Waals surface area (Å²) in [6, 6.07) is 0. The number of methoxy groups -OCH3 is 1. The topological polar surface area (TPSA) is 95.2 Å². The first-order chi connectivity index (χ1) is 8.56. The van der Waals surface area contributed by atoms with Crippen LogP contribution in [-0.2, 0) is 9.57 Å². The molecule has 0 aromatic rings. The molecule has 0 heterocycles. The Morgan fingerprint density at radius 2 is 2.06 bits per heavy atom. The van der Waals surface area contributed by atoms with Gasteiger partial charge in [0.15, 0.2) is 5.84 Å². The Morgan fingerprint density at radius 1 is 1.39 bits per heavy atom. The molecule has 0 aliphatic carbocycles. The van der Waals surface area contributed by atoms with Gasteiger partial charge in [-0.05, 0) is 27.0 Å². The maximum Gasteiger partial charge on any atom is 0.151 e. The van der Waals surface area contributed by atoms with Crippen LogP contribution in [0.5, 0.6) is 0 Å². The maximum atomic E-state index is 5.87. The third-order valence-corrected chi connectivity index (χ3v) is 2.23. The highest BCUT2D eigenvalue weighted by atomic mass is 16.6. The zero-order valence-electron chi connectivity index (χ0n) is 11.3. The zero-order chi connectivity index (χ0) is 14.0. The normalized spacial score (nSPS) is 14.2. The van der Waals surface area contributed by atoms with Crippen LogP contribution in [0.2, 0.25) is 0 Å². The van der Waals surface area contributed by atoms with Crippen LogP contribution >= 0.6 is 0 Å². The number of allylic oxidation sites excluding steroid dienone is 2. The molecule has 0 amide bonds. The lowest BCUT2D eigenvalue weighted by molar-refractivity contribution is 0.197. The molecule has 0 saturated heterocycles. The summed E-state index contributed by atoms with van der Waals surface area (Å²) in [7, 11) is 1.65. The van der Waals surface area contributed by atoms with Crippen molar-refractivity contribution in [3.8, 4) is 0 Å². The van der Waals surface area contributed by atoms with Crippen LogP contribution in [0, 0.1) is 0 Å². The van der Waals surface area contributed by atoms with Gasteiger partial charge in [0.05, 0.1) is 0 Å². The molecule has 0 aliphatic heterocycles. The first-order valence-corrected chi connectivity index (χ1v) is 5.58. The fourth-order valence-corrected chi connectivity index (χ4v) is 1.17. The van der Waals surface area contributed by atoms with E-state index in [-0.39, 0.29) is 0 Å². The molecule has 6 nitrogen and oxygen atoms in total. The molecule has 6 heteroatoms. The first-order valence-electron chi connectivity index (χ1n) is 5.58. The van der Waals surface area contributed by atoms with Crippen LogP contribution in [0.3, 0.4) is 0 Å². The van der Waals surface area contributed by atoms with E-state index in [1.807, 2.05) is 6.92 Å². The molecule has 0 spiro atoms. The molecule has 0 bridgehead atoms. The predicted octanol–water partition coefficient (Wildman–Crippen LogP) is 1.15. The molecule has 18 heavy (non-hydrogen) atoms. The van der Waals surface area contributed by atoms with E-state index in [4.69, 9.17) is 16.4 Å². The minimum absolute atomic E-state index is 0.496.